The molecule has 0 atom stereocenters. The standard InChI is InChI=1S/C22H22FN3O2/c1-15(2)28-19-10-7-16(8-11-19)22(27)26-18-9-12-21(25-14-18)24-13-17-5-3-4-6-20(17)23/h3-12,14-15H,13H2,1-2H3,(H,24,25)(H,26,27). The van der Waals surface area contributed by atoms with Gasteiger partial charge in [0.2, 0.25) is 0 Å². The Labute approximate surface area is 163 Å². The van der Waals surface area contributed by atoms with E-state index < -0.39 is 0 Å². The number of halogens is 1. The van der Waals surface area contributed by atoms with E-state index in [9.17, 15) is 9.18 Å². The molecule has 28 heavy (non-hydrogen) atoms. The normalized spacial score (nSPS) is 10.6. The quantitative estimate of drug-likeness (QED) is 0.615. The number of aromatic nitrogens is 1. The molecule has 1 heterocycles. The Morgan fingerprint density at radius 1 is 1.07 bits per heavy atom. The molecule has 0 radical (unpaired) electrons. The first-order chi connectivity index (χ1) is 13.5. The van der Waals surface area contributed by atoms with Crippen LogP contribution in [-0.4, -0.2) is 17.0 Å². The first kappa shape index (κ1) is 19.4. The molecule has 0 aliphatic heterocycles. The summed E-state index contributed by atoms with van der Waals surface area (Å²) >= 11 is 0. The number of nitrogens with zero attached hydrogens (tertiary/aromatic N) is 1. The molecule has 0 saturated heterocycles. The predicted molar refractivity (Wildman–Crippen MR) is 108 cm³/mol. The molecular weight excluding hydrogens is 357 g/mol. The highest BCUT2D eigenvalue weighted by Gasteiger charge is 2.08. The van der Waals surface area contributed by atoms with Crippen LogP contribution in [0.25, 0.3) is 0 Å². The topological polar surface area (TPSA) is 63.2 Å². The molecule has 0 bridgehead atoms. The smallest absolute Gasteiger partial charge is 0.255 e. The lowest BCUT2D eigenvalue weighted by Crippen LogP contribution is -2.12. The lowest BCUT2D eigenvalue weighted by Gasteiger charge is -2.10. The summed E-state index contributed by atoms with van der Waals surface area (Å²) in [6, 6.07) is 17.0. The Hall–Kier alpha value is -3.41. The summed E-state index contributed by atoms with van der Waals surface area (Å²) in [4.78, 5) is 16.6. The molecule has 0 fully saturated rings. The summed E-state index contributed by atoms with van der Waals surface area (Å²) in [6.45, 7) is 4.22. The van der Waals surface area contributed by atoms with Crippen LogP contribution in [0.4, 0.5) is 15.9 Å². The number of rotatable bonds is 7. The Morgan fingerprint density at radius 2 is 1.82 bits per heavy atom. The van der Waals surface area contributed by atoms with Crippen molar-refractivity contribution in [1.29, 1.82) is 0 Å². The Morgan fingerprint density at radius 3 is 2.46 bits per heavy atom. The van der Waals surface area contributed by atoms with Crippen LogP contribution in [0.3, 0.4) is 0 Å². The van der Waals surface area contributed by atoms with Crippen LogP contribution in [-0.2, 0) is 6.54 Å². The van der Waals surface area contributed by atoms with Crippen LogP contribution in [0.15, 0.2) is 66.9 Å². The SMILES string of the molecule is CC(C)Oc1ccc(C(=O)Nc2ccc(NCc3ccccc3F)nc2)cc1. The van der Waals surface area contributed by atoms with E-state index in [1.165, 1.54) is 6.07 Å². The number of hydrogen-bond donors (Lipinski definition) is 2. The van der Waals surface area contributed by atoms with E-state index >= 15 is 0 Å². The molecule has 0 saturated carbocycles. The van der Waals surface area contributed by atoms with Crippen LogP contribution in [0.2, 0.25) is 0 Å². The second kappa shape index (κ2) is 8.99. The molecule has 3 rings (SSSR count). The van der Waals surface area contributed by atoms with Crippen molar-refractivity contribution in [2.75, 3.05) is 10.6 Å². The summed E-state index contributed by atoms with van der Waals surface area (Å²) in [5.41, 5.74) is 1.66. The van der Waals surface area contributed by atoms with Gasteiger partial charge in [-0.3, -0.25) is 4.79 Å². The zero-order valence-corrected chi connectivity index (χ0v) is 15.8. The minimum atomic E-state index is -0.260. The highest BCUT2D eigenvalue weighted by Crippen LogP contribution is 2.16. The number of ether oxygens (including phenoxy) is 1. The molecule has 1 aromatic heterocycles. The van der Waals surface area contributed by atoms with Crippen molar-refractivity contribution in [2.45, 2.75) is 26.5 Å². The summed E-state index contributed by atoms with van der Waals surface area (Å²) in [5.74, 6) is 0.823. The first-order valence-electron chi connectivity index (χ1n) is 9.02. The molecule has 5 nitrogen and oxygen atoms in total. The molecule has 6 heteroatoms. The van der Waals surface area contributed by atoms with Crippen LogP contribution in [0.5, 0.6) is 5.75 Å². The molecule has 0 aliphatic carbocycles. The van der Waals surface area contributed by atoms with E-state index in [1.54, 1.807) is 60.8 Å². The van der Waals surface area contributed by atoms with Gasteiger partial charge in [-0.05, 0) is 56.3 Å². The van der Waals surface area contributed by atoms with Crippen LogP contribution in [0.1, 0.15) is 29.8 Å². The molecule has 0 aliphatic rings. The van der Waals surface area contributed by atoms with E-state index in [0.717, 1.165) is 5.75 Å². The highest BCUT2D eigenvalue weighted by molar-refractivity contribution is 6.04. The van der Waals surface area contributed by atoms with Crippen molar-refractivity contribution in [3.63, 3.8) is 0 Å². The van der Waals surface area contributed by atoms with Gasteiger partial charge < -0.3 is 15.4 Å². The van der Waals surface area contributed by atoms with Crippen LogP contribution >= 0.6 is 0 Å². The maximum absolute atomic E-state index is 13.6. The molecule has 1 amide bonds. The van der Waals surface area contributed by atoms with E-state index in [1.807, 2.05) is 13.8 Å². The maximum Gasteiger partial charge on any atom is 0.255 e. The van der Waals surface area contributed by atoms with Crippen molar-refractivity contribution in [1.82, 2.24) is 4.98 Å². The van der Waals surface area contributed by atoms with Gasteiger partial charge in [-0.25, -0.2) is 9.37 Å². The van der Waals surface area contributed by atoms with Crippen molar-refractivity contribution >= 4 is 17.4 Å². The fraction of sp³-hybridized carbons (Fsp3) is 0.182. The van der Waals surface area contributed by atoms with Gasteiger partial charge in [0, 0.05) is 17.7 Å². The molecule has 3 aromatic rings. The number of anilines is 2. The Bertz CT molecular complexity index is 925. The predicted octanol–water partition coefficient (Wildman–Crippen LogP) is 4.87. The molecule has 2 N–H and O–H groups in total. The molecule has 2 aromatic carbocycles. The van der Waals surface area contributed by atoms with Gasteiger partial charge >= 0.3 is 0 Å². The zero-order chi connectivity index (χ0) is 19.9. The third-order valence-corrected chi connectivity index (χ3v) is 3.93. The lowest BCUT2D eigenvalue weighted by molar-refractivity contribution is 0.102. The Kier molecular flexibility index (Phi) is 6.22. The van der Waals surface area contributed by atoms with Crippen molar-refractivity contribution in [2.24, 2.45) is 0 Å². The molecule has 0 unspecified atom stereocenters. The lowest BCUT2D eigenvalue weighted by atomic mass is 10.2. The van der Waals surface area contributed by atoms with Gasteiger partial charge in [-0.2, -0.15) is 0 Å². The van der Waals surface area contributed by atoms with Gasteiger partial charge in [0.15, 0.2) is 0 Å². The minimum absolute atomic E-state index is 0.0799. The van der Waals surface area contributed by atoms with Gasteiger partial charge in [0.1, 0.15) is 17.4 Å². The zero-order valence-electron chi connectivity index (χ0n) is 15.8. The third-order valence-electron chi connectivity index (χ3n) is 3.93. The number of carbonyl (C=O) groups excluding carboxylic acids is 1. The third kappa shape index (κ3) is 5.30. The van der Waals surface area contributed by atoms with Crippen LogP contribution < -0.4 is 15.4 Å². The van der Waals surface area contributed by atoms with Crippen molar-refractivity contribution < 1.29 is 13.9 Å². The monoisotopic (exact) mass is 379 g/mol. The molecule has 0 spiro atoms. The van der Waals surface area contributed by atoms with E-state index in [-0.39, 0.29) is 17.8 Å². The number of pyridine rings is 1. The number of hydrogen-bond acceptors (Lipinski definition) is 4. The maximum atomic E-state index is 13.6. The van der Waals surface area contributed by atoms with E-state index in [0.29, 0.717) is 29.2 Å². The van der Waals surface area contributed by atoms with E-state index in [2.05, 4.69) is 15.6 Å². The van der Waals surface area contributed by atoms with Crippen molar-refractivity contribution in [3.8, 4) is 5.75 Å². The summed E-state index contributed by atoms with van der Waals surface area (Å²) in [6.07, 6.45) is 1.63. The first-order valence-corrected chi connectivity index (χ1v) is 9.02. The highest BCUT2D eigenvalue weighted by atomic mass is 19.1. The summed E-state index contributed by atoms with van der Waals surface area (Å²) in [7, 11) is 0. The second-order valence-electron chi connectivity index (χ2n) is 6.52. The second-order valence-corrected chi connectivity index (χ2v) is 6.52. The van der Waals surface area contributed by atoms with Crippen LogP contribution in [0, 0.1) is 5.82 Å². The summed E-state index contributed by atoms with van der Waals surface area (Å²) < 4.78 is 19.2. The van der Waals surface area contributed by atoms with Gasteiger partial charge in [0.25, 0.3) is 5.91 Å². The average Bonchev–Trinajstić information content (AvgIpc) is 2.68. The minimum Gasteiger partial charge on any atom is -0.491 e. The Balaban J connectivity index is 1.56. The van der Waals surface area contributed by atoms with Gasteiger partial charge in [-0.15, -0.1) is 0 Å². The van der Waals surface area contributed by atoms with Gasteiger partial charge in [0.05, 0.1) is 18.0 Å². The molecule has 144 valence electrons. The molecular formula is C22H22FN3O2. The summed E-state index contributed by atoms with van der Waals surface area (Å²) in [5, 5.41) is 5.86. The number of amides is 1. The number of carbonyl (C=O) groups is 1. The van der Waals surface area contributed by atoms with Crippen molar-refractivity contribution in [3.05, 3.63) is 83.8 Å². The fourth-order valence-electron chi connectivity index (χ4n) is 2.56. The fourth-order valence-corrected chi connectivity index (χ4v) is 2.56. The largest absolute Gasteiger partial charge is 0.491 e. The average molecular weight is 379 g/mol. The number of benzene rings is 2. The van der Waals surface area contributed by atoms with Gasteiger partial charge in [-0.1, -0.05) is 18.2 Å². The van der Waals surface area contributed by atoms with E-state index in [4.69, 9.17) is 4.74 Å². The number of nitrogens with one attached hydrogen (secondary N) is 2.